The topological polar surface area (TPSA) is 42.0 Å². The van der Waals surface area contributed by atoms with Crippen molar-refractivity contribution < 1.29 is 14.3 Å². The number of anilines is 1. The number of amides is 1. The zero-order valence-corrected chi connectivity index (χ0v) is 17.6. The number of nitrogens with zero attached hydrogens (tertiary/aromatic N) is 2. The van der Waals surface area contributed by atoms with Gasteiger partial charge in [-0.25, -0.2) is 0 Å². The van der Waals surface area contributed by atoms with Gasteiger partial charge >= 0.3 is 0 Å². The Morgan fingerprint density at radius 3 is 2.62 bits per heavy atom. The van der Waals surface area contributed by atoms with E-state index in [0.717, 1.165) is 47.9 Å². The summed E-state index contributed by atoms with van der Waals surface area (Å²) in [6.07, 6.45) is 2.52. The number of carbonyl (C=O) groups is 1. The normalized spacial score (nSPS) is 17.5. The largest absolute Gasteiger partial charge is 0.493 e. The van der Waals surface area contributed by atoms with Crippen LogP contribution in [0.25, 0.3) is 0 Å². The molecule has 2 aromatic carbocycles. The molecule has 5 heteroatoms. The van der Waals surface area contributed by atoms with Crippen molar-refractivity contribution in [1.82, 2.24) is 4.90 Å². The lowest BCUT2D eigenvalue weighted by Crippen LogP contribution is -2.35. The number of hydrogen-bond donors (Lipinski definition) is 0. The average Bonchev–Trinajstić information content (AvgIpc) is 3.07. The van der Waals surface area contributed by atoms with Gasteiger partial charge in [-0.15, -0.1) is 0 Å². The summed E-state index contributed by atoms with van der Waals surface area (Å²) in [6.45, 7) is 8.71. The van der Waals surface area contributed by atoms with Crippen LogP contribution in [0.1, 0.15) is 41.3 Å². The second-order valence-electron chi connectivity index (χ2n) is 8.21. The van der Waals surface area contributed by atoms with Crippen LogP contribution >= 0.6 is 0 Å². The van der Waals surface area contributed by atoms with Gasteiger partial charge < -0.3 is 14.4 Å². The van der Waals surface area contributed by atoms with Crippen LogP contribution in [-0.2, 0) is 6.54 Å². The third kappa shape index (κ3) is 4.10. The molecule has 4 rings (SSSR count). The van der Waals surface area contributed by atoms with E-state index in [1.54, 1.807) is 7.11 Å². The van der Waals surface area contributed by atoms with Gasteiger partial charge in [0.25, 0.3) is 5.91 Å². The third-order valence-corrected chi connectivity index (χ3v) is 6.15. The van der Waals surface area contributed by atoms with Crippen molar-refractivity contribution in [3.05, 3.63) is 53.1 Å². The van der Waals surface area contributed by atoms with Crippen LogP contribution in [0.2, 0.25) is 0 Å². The maximum atomic E-state index is 13.0. The fraction of sp³-hybridized carbons (Fsp3) is 0.458. The highest BCUT2D eigenvalue weighted by atomic mass is 16.5. The van der Waals surface area contributed by atoms with Crippen LogP contribution < -0.4 is 14.4 Å². The summed E-state index contributed by atoms with van der Waals surface area (Å²) in [5, 5.41) is 0. The molecule has 2 heterocycles. The molecule has 29 heavy (non-hydrogen) atoms. The van der Waals surface area contributed by atoms with Crippen molar-refractivity contribution in [2.45, 2.75) is 33.2 Å². The summed E-state index contributed by atoms with van der Waals surface area (Å²) < 4.78 is 11.6. The third-order valence-electron chi connectivity index (χ3n) is 6.15. The van der Waals surface area contributed by atoms with E-state index >= 15 is 0 Å². The molecule has 0 radical (unpaired) electrons. The fourth-order valence-corrected chi connectivity index (χ4v) is 4.27. The minimum atomic E-state index is 0.0525. The van der Waals surface area contributed by atoms with E-state index in [4.69, 9.17) is 9.47 Å². The number of rotatable bonds is 6. The summed E-state index contributed by atoms with van der Waals surface area (Å²) in [5.74, 6) is 2.27. The van der Waals surface area contributed by atoms with Crippen LogP contribution in [0.15, 0.2) is 36.4 Å². The Hall–Kier alpha value is -2.53. The number of carbonyl (C=O) groups excluding carboxylic acids is 1. The van der Waals surface area contributed by atoms with Gasteiger partial charge in [0.05, 0.1) is 13.7 Å². The molecule has 1 amide bonds. The molecule has 1 fully saturated rings. The molecule has 154 valence electrons. The Kier molecular flexibility index (Phi) is 5.76. The van der Waals surface area contributed by atoms with E-state index in [1.165, 1.54) is 12.8 Å². The lowest BCUT2D eigenvalue weighted by atomic mass is 9.99. The molecule has 2 aliphatic heterocycles. The Balaban J connectivity index is 1.46. The Labute approximate surface area is 173 Å². The summed E-state index contributed by atoms with van der Waals surface area (Å²) in [5.41, 5.74) is 3.77. The first-order chi connectivity index (χ1) is 14.1. The molecule has 2 aliphatic rings. The standard InChI is InChI=1S/C24H30N2O3/c1-17-9-11-25(12-10-17)13-14-29-22-15-20(7-8-21(22)28-3)26-16-19-6-4-5-18(2)23(19)24(26)27/h4-8,15,17H,9-14,16H2,1-3H3. The van der Waals surface area contributed by atoms with Gasteiger partial charge in [0.15, 0.2) is 11.5 Å². The molecule has 0 N–H and O–H groups in total. The monoisotopic (exact) mass is 394 g/mol. The molecule has 0 bridgehead atoms. The smallest absolute Gasteiger partial charge is 0.259 e. The van der Waals surface area contributed by atoms with E-state index in [1.807, 2.05) is 48.2 Å². The molecule has 0 unspecified atom stereocenters. The van der Waals surface area contributed by atoms with Crippen molar-refractivity contribution in [2.75, 3.05) is 38.3 Å². The lowest BCUT2D eigenvalue weighted by molar-refractivity contribution is 0.0996. The highest BCUT2D eigenvalue weighted by Gasteiger charge is 2.30. The number of likely N-dealkylation sites (tertiary alicyclic amines) is 1. The second-order valence-corrected chi connectivity index (χ2v) is 8.21. The molecular weight excluding hydrogens is 364 g/mol. The number of aryl methyl sites for hydroxylation is 1. The minimum Gasteiger partial charge on any atom is -0.493 e. The van der Waals surface area contributed by atoms with Crippen molar-refractivity contribution in [3.8, 4) is 11.5 Å². The number of methoxy groups -OCH3 is 1. The molecule has 5 nitrogen and oxygen atoms in total. The second kappa shape index (κ2) is 8.46. The number of fused-ring (bicyclic) bond motifs is 1. The molecular formula is C24H30N2O3. The Morgan fingerprint density at radius 1 is 1.10 bits per heavy atom. The van der Waals surface area contributed by atoms with Gasteiger partial charge in [-0.05, 0) is 62.0 Å². The highest BCUT2D eigenvalue weighted by Crippen LogP contribution is 2.36. The number of benzene rings is 2. The molecule has 2 aromatic rings. The fourth-order valence-electron chi connectivity index (χ4n) is 4.27. The molecule has 0 aromatic heterocycles. The van der Waals surface area contributed by atoms with E-state index in [2.05, 4.69) is 11.8 Å². The van der Waals surface area contributed by atoms with Crippen molar-refractivity contribution >= 4 is 11.6 Å². The zero-order chi connectivity index (χ0) is 20.4. The molecule has 0 saturated carbocycles. The van der Waals surface area contributed by atoms with Gasteiger partial charge in [0.1, 0.15) is 6.61 Å². The SMILES string of the molecule is COc1ccc(N2Cc3cccc(C)c3C2=O)cc1OCCN1CCC(C)CC1. The van der Waals surface area contributed by atoms with E-state index in [0.29, 0.717) is 24.7 Å². The van der Waals surface area contributed by atoms with Crippen molar-refractivity contribution in [3.63, 3.8) is 0 Å². The van der Waals surface area contributed by atoms with Crippen LogP contribution in [0.5, 0.6) is 11.5 Å². The van der Waals surface area contributed by atoms with Crippen LogP contribution in [0.3, 0.4) is 0 Å². The number of piperidine rings is 1. The first-order valence-corrected chi connectivity index (χ1v) is 10.5. The zero-order valence-electron chi connectivity index (χ0n) is 17.6. The van der Waals surface area contributed by atoms with Gasteiger partial charge in [-0.3, -0.25) is 9.69 Å². The quantitative estimate of drug-likeness (QED) is 0.734. The maximum absolute atomic E-state index is 13.0. The lowest BCUT2D eigenvalue weighted by Gasteiger charge is -2.30. The van der Waals surface area contributed by atoms with Crippen LogP contribution in [0.4, 0.5) is 5.69 Å². The van der Waals surface area contributed by atoms with Gasteiger partial charge in [0, 0.05) is 23.9 Å². The van der Waals surface area contributed by atoms with Crippen LogP contribution in [0, 0.1) is 12.8 Å². The Morgan fingerprint density at radius 2 is 1.90 bits per heavy atom. The molecule has 0 aliphatic carbocycles. The predicted octanol–water partition coefficient (Wildman–Crippen LogP) is 4.27. The minimum absolute atomic E-state index is 0.0525. The molecule has 0 spiro atoms. The Bertz CT molecular complexity index is 888. The average molecular weight is 395 g/mol. The first kappa shape index (κ1) is 19.8. The van der Waals surface area contributed by atoms with Gasteiger partial charge in [-0.1, -0.05) is 25.1 Å². The van der Waals surface area contributed by atoms with Gasteiger partial charge in [0.2, 0.25) is 0 Å². The van der Waals surface area contributed by atoms with Crippen LogP contribution in [-0.4, -0.2) is 44.2 Å². The summed E-state index contributed by atoms with van der Waals surface area (Å²) in [6, 6.07) is 11.8. The summed E-state index contributed by atoms with van der Waals surface area (Å²) in [4.78, 5) is 17.3. The number of ether oxygens (including phenoxy) is 2. The molecule has 1 saturated heterocycles. The van der Waals surface area contributed by atoms with Gasteiger partial charge in [-0.2, -0.15) is 0 Å². The molecule has 0 atom stereocenters. The first-order valence-electron chi connectivity index (χ1n) is 10.5. The van der Waals surface area contributed by atoms with Crippen molar-refractivity contribution in [2.24, 2.45) is 5.92 Å². The highest BCUT2D eigenvalue weighted by molar-refractivity contribution is 6.11. The maximum Gasteiger partial charge on any atom is 0.259 e. The number of hydrogen-bond acceptors (Lipinski definition) is 4. The predicted molar refractivity (Wildman–Crippen MR) is 115 cm³/mol. The van der Waals surface area contributed by atoms with E-state index in [9.17, 15) is 4.79 Å². The van der Waals surface area contributed by atoms with E-state index < -0.39 is 0 Å². The van der Waals surface area contributed by atoms with E-state index in [-0.39, 0.29) is 5.91 Å². The summed E-state index contributed by atoms with van der Waals surface area (Å²) in [7, 11) is 1.65. The summed E-state index contributed by atoms with van der Waals surface area (Å²) >= 11 is 0. The van der Waals surface area contributed by atoms with Crippen molar-refractivity contribution in [1.29, 1.82) is 0 Å².